The van der Waals surface area contributed by atoms with E-state index in [-0.39, 0.29) is 0 Å². The van der Waals surface area contributed by atoms with Crippen molar-refractivity contribution < 1.29 is 4.21 Å². The van der Waals surface area contributed by atoms with E-state index in [1.54, 1.807) is 6.08 Å². The molecule has 0 radical (unpaired) electrons. The van der Waals surface area contributed by atoms with E-state index in [0.717, 1.165) is 20.9 Å². The topological polar surface area (TPSA) is 17.1 Å². The first-order chi connectivity index (χ1) is 8.04. The molecular weight excluding hydrogens is 228 g/mol. The van der Waals surface area contributed by atoms with Gasteiger partial charge in [-0.15, -0.1) is 0 Å². The first-order valence-corrected chi connectivity index (χ1v) is 6.74. The number of hydrogen-bond donors (Lipinski definition) is 0. The SMILES string of the molecule is C=CC1=C(C=C(C)C)c2cc(C)ccc2S1=O. The van der Waals surface area contributed by atoms with Crippen molar-refractivity contribution in [3.05, 3.63) is 58.5 Å². The van der Waals surface area contributed by atoms with Gasteiger partial charge in [-0.1, -0.05) is 42.0 Å². The molecule has 1 heterocycles. The Balaban J connectivity index is 2.73. The molecule has 88 valence electrons. The van der Waals surface area contributed by atoms with Crippen LogP contribution in [0, 0.1) is 6.92 Å². The van der Waals surface area contributed by atoms with Crippen LogP contribution in [0.1, 0.15) is 25.0 Å². The normalized spacial score (nSPS) is 17.9. The monoisotopic (exact) mass is 244 g/mol. The summed E-state index contributed by atoms with van der Waals surface area (Å²) in [5, 5.41) is 0. The molecule has 0 fully saturated rings. The zero-order valence-electron chi connectivity index (χ0n) is 10.4. The van der Waals surface area contributed by atoms with Crippen LogP contribution in [0.3, 0.4) is 0 Å². The standard InChI is InChI=1S/C15H16OS/c1-5-14-12(8-10(2)3)13-9-11(4)6-7-15(13)17(14)16/h5-9H,1H2,2-4H3. The summed E-state index contributed by atoms with van der Waals surface area (Å²) in [7, 11) is -1.07. The number of hydrogen-bond acceptors (Lipinski definition) is 1. The molecule has 1 aliphatic rings. The molecule has 0 aromatic heterocycles. The minimum absolute atomic E-state index is 0.826. The number of benzene rings is 1. The number of aryl methyl sites for hydroxylation is 1. The summed E-state index contributed by atoms with van der Waals surface area (Å²) in [5.74, 6) is 0. The lowest BCUT2D eigenvalue weighted by Gasteiger charge is -2.02. The van der Waals surface area contributed by atoms with Gasteiger partial charge in [-0.25, -0.2) is 4.21 Å². The lowest BCUT2D eigenvalue weighted by atomic mass is 10.0. The molecule has 0 N–H and O–H groups in total. The van der Waals surface area contributed by atoms with E-state index in [2.05, 4.69) is 25.6 Å². The summed E-state index contributed by atoms with van der Waals surface area (Å²) in [5.41, 5.74) is 4.52. The largest absolute Gasteiger partial charge is 0.249 e. The van der Waals surface area contributed by atoms with Crippen LogP contribution in [0.15, 0.2) is 52.3 Å². The number of fused-ring (bicyclic) bond motifs is 1. The molecule has 0 saturated heterocycles. The van der Waals surface area contributed by atoms with Crippen LogP contribution < -0.4 is 0 Å². The highest BCUT2D eigenvalue weighted by Gasteiger charge is 2.25. The second-order valence-electron chi connectivity index (χ2n) is 4.47. The molecule has 0 bridgehead atoms. The Hall–Kier alpha value is -1.41. The van der Waals surface area contributed by atoms with Crippen LogP contribution in [-0.2, 0) is 10.8 Å². The molecule has 0 aliphatic carbocycles. The first-order valence-electron chi connectivity index (χ1n) is 5.59. The molecule has 2 heteroatoms. The van der Waals surface area contributed by atoms with Crippen LogP contribution in [0.4, 0.5) is 0 Å². The van der Waals surface area contributed by atoms with E-state index in [4.69, 9.17) is 0 Å². The summed E-state index contributed by atoms with van der Waals surface area (Å²) >= 11 is 0. The lowest BCUT2D eigenvalue weighted by Crippen LogP contribution is -1.88. The summed E-state index contributed by atoms with van der Waals surface area (Å²) in [4.78, 5) is 1.73. The van der Waals surface area contributed by atoms with Gasteiger partial charge in [-0.3, -0.25) is 0 Å². The van der Waals surface area contributed by atoms with Crippen molar-refractivity contribution in [1.29, 1.82) is 0 Å². The Morgan fingerprint density at radius 2 is 2.06 bits per heavy atom. The molecule has 2 rings (SSSR count). The van der Waals surface area contributed by atoms with E-state index in [1.807, 2.05) is 26.0 Å². The highest BCUT2D eigenvalue weighted by atomic mass is 32.2. The van der Waals surface area contributed by atoms with E-state index < -0.39 is 10.8 Å². The van der Waals surface area contributed by atoms with Crippen LogP contribution in [0.5, 0.6) is 0 Å². The van der Waals surface area contributed by atoms with Crippen molar-refractivity contribution in [3.63, 3.8) is 0 Å². The molecule has 0 spiro atoms. The van der Waals surface area contributed by atoms with Gasteiger partial charge in [0.25, 0.3) is 0 Å². The Kier molecular flexibility index (Phi) is 3.16. The van der Waals surface area contributed by atoms with Gasteiger partial charge in [0.05, 0.1) is 20.6 Å². The molecule has 17 heavy (non-hydrogen) atoms. The number of allylic oxidation sites excluding steroid dienone is 4. The minimum Gasteiger partial charge on any atom is -0.249 e. The summed E-state index contributed by atoms with van der Waals surface area (Å²) < 4.78 is 12.3. The van der Waals surface area contributed by atoms with Gasteiger partial charge in [-0.2, -0.15) is 0 Å². The second-order valence-corrected chi connectivity index (χ2v) is 5.89. The molecule has 0 amide bonds. The van der Waals surface area contributed by atoms with Crippen molar-refractivity contribution in [1.82, 2.24) is 0 Å². The van der Waals surface area contributed by atoms with Crippen molar-refractivity contribution >= 4 is 16.4 Å². The van der Waals surface area contributed by atoms with Crippen molar-refractivity contribution in [2.24, 2.45) is 0 Å². The van der Waals surface area contributed by atoms with Gasteiger partial charge in [0, 0.05) is 0 Å². The molecule has 1 unspecified atom stereocenters. The first kappa shape index (κ1) is 12.1. The van der Waals surface area contributed by atoms with Crippen molar-refractivity contribution in [2.45, 2.75) is 25.7 Å². The average Bonchev–Trinajstić information content (AvgIpc) is 2.51. The van der Waals surface area contributed by atoms with Gasteiger partial charge in [-0.05, 0) is 38.0 Å². The molecule has 1 aliphatic heterocycles. The zero-order chi connectivity index (χ0) is 12.6. The quantitative estimate of drug-likeness (QED) is 0.769. The molecular formula is C15H16OS. The maximum atomic E-state index is 12.3. The predicted molar refractivity (Wildman–Crippen MR) is 74.1 cm³/mol. The van der Waals surface area contributed by atoms with Crippen molar-refractivity contribution in [3.8, 4) is 0 Å². The van der Waals surface area contributed by atoms with Crippen LogP contribution in [0.25, 0.3) is 5.57 Å². The molecule has 1 aromatic rings. The van der Waals surface area contributed by atoms with Crippen LogP contribution in [0.2, 0.25) is 0 Å². The molecule has 0 saturated carbocycles. The molecule has 1 atom stereocenters. The fraction of sp³-hybridized carbons (Fsp3) is 0.200. The molecule has 1 aromatic carbocycles. The Morgan fingerprint density at radius 3 is 2.65 bits per heavy atom. The van der Waals surface area contributed by atoms with Gasteiger partial charge < -0.3 is 0 Å². The fourth-order valence-corrected chi connectivity index (χ4v) is 3.31. The van der Waals surface area contributed by atoms with E-state index >= 15 is 0 Å². The van der Waals surface area contributed by atoms with Crippen LogP contribution >= 0.6 is 0 Å². The van der Waals surface area contributed by atoms with Gasteiger partial charge in [0.2, 0.25) is 0 Å². The summed E-state index contributed by atoms with van der Waals surface area (Å²) in [6.45, 7) is 9.92. The third-order valence-electron chi connectivity index (χ3n) is 2.71. The van der Waals surface area contributed by atoms with E-state index in [9.17, 15) is 4.21 Å². The maximum Gasteiger partial charge on any atom is 0.0862 e. The highest BCUT2D eigenvalue weighted by molar-refractivity contribution is 7.90. The van der Waals surface area contributed by atoms with Gasteiger partial charge >= 0.3 is 0 Å². The Labute approximate surface area is 105 Å². The molecule has 1 nitrogen and oxygen atoms in total. The third kappa shape index (κ3) is 2.05. The predicted octanol–water partition coefficient (Wildman–Crippen LogP) is 3.98. The average molecular weight is 244 g/mol. The summed E-state index contributed by atoms with van der Waals surface area (Å²) in [6, 6.07) is 6.05. The maximum absolute atomic E-state index is 12.3. The third-order valence-corrected chi connectivity index (χ3v) is 4.25. The smallest absolute Gasteiger partial charge is 0.0862 e. The Bertz CT molecular complexity index is 573. The second kappa shape index (κ2) is 4.46. The highest BCUT2D eigenvalue weighted by Crippen LogP contribution is 2.38. The fourth-order valence-electron chi connectivity index (χ4n) is 1.99. The van der Waals surface area contributed by atoms with Gasteiger partial charge in [0.1, 0.15) is 0 Å². The Morgan fingerprint density at radius 1 is 1.35 bits per heavy atom. The van der Waals surface area contributed by atoms with Gasteiger partial charge in [0.15, 0.2) is 0 Å². The van der Waals surface area contributed by atoms with Crippen LogP contribution in [-0.4, -0.2) is 4.21 Å². The number of rotatable bonds is 2. The zero-order valence-corrected chi connectivity index (χ0v) is 11.2. The minimum atomic E-state index is -1.07. The van der Waals surface area contributed by atoms with E-state index in [0.29, 0.717) is 0 Å². The lowest BCUT2D eigenvalue weighted by molar-refractivity contribution is 0.688. The van der Waals surface area contributed by atoms with E-state index in [1.165, 1.54) is 11.1 Å². The van der Waals surface area contributed by atoms with Crippen molar-refractivity contribution in [2.75, 3.05) is 0 Å². The summed E-state index contributed by atoms with van der Waals surface area (Å²) in [6.07, 6.45) is 3.79.